The number of benzene rings is 1. The fraction of sp³-hybridized carbons (Fsp3) is 0.538. The molecule has 0 aliphatic heterocycles. The summed E-state index contributed by atoms with van der Waals surface area (Å²) in [7, 11) is 0. The van der Waals surface area contributed by atoms with Gasteiger partial charge in [-0.3, -0.25) is 0 Å². The van der Waals surface area contributed by atoms with Crippen LogP contribution in [0.15, 0.2) is 24.3 Å². The van der Waals surface area contributed by atoms with Crippen LogP contribution in [0, 0.1) is 0 Å². The molecule has 0 aromatic heterocycles. The predicted molar refractivity (Wildman–Crippen MR) is 69.0 cm³/mol. The summed E-state index contributed by atoms with van der Waals surface area (Å²) in [6.45, 7) is 0. The van der Waals surface area contributed by atoms with Gasteiger partial charge in [0.1, 0.15) is 0 Å². The van der Waals surface area contributed by atoms with Crippen LogP contribution in [-0.4, -0.2) is 5.25 Å². The number of hydrogen-bond acceptors (Lipinski definition) is 2. The van der Waals surface area contributed by atoms with Crippen molar-refractivity contribution < 1.29 is 0 Å². The Labute approximate surface area is 96.4 Å². The van der Waals surface area contributed by atoms with Gasteiger partial charge in [0.15, 0.2) is 0 Å². The van der Waals surface area contributed by atoms with Gasteiger partial charge >= 0.3 is 0 Å². The molecule has 0 saturated heterocycles. The SMILES string of the molecule is Nc1cccc(CSC2CCCCC2)c1. The first-order chi connectivity index (χ1) is 7.34. The van der Waals surface area contributed by atoms with E-state index in [9.17, 15) is 0 Å². The van der Waals surface area contributed by atoms with E-state index in [1.165, 1.54) is 37.7 Å². The second-order valence-corrected chi connectivity index (χ2v) is 5.60. The van der Waals surface area contributed by atoms with E-state index in [2.05, 4.69) is 23.9 Å². The normalized spacial score (nSPS) is 17.9. The Kier molecular flexibility index (Phi) is 3.95. The molecule has 2 rings (SSSR count). The quantitative estimate of drug-likeness (QED) is 0.785. The Bertz CT molecular complexity index is 305. The van der Waals surface area contributed by atoms with E-state index in [1.54, 1.807) is 0 Å². The lowest BCUT2D eigenvalue weighted by Crippen LogP contribution is -2.08. The Morgan fingerprint density at radius 1 is 1.20 bits per heavy atom. The summed E-state index contributed by atoms with van der Waals surface area (Å²) in [5.41, 5.74) is 8.01. The monoisotopic (exact) mass is 221 g/mol. The second kappa shape index (κ2) is 5.45. The number of anilines is 1. The Hall–Kier alpha value is -0.630. The maximum atomic E-state index is 5.76. The van der Waals surface area contributed by atoms with Gasteiger partial charge in [-0.1, -0.05) is 31.4 Å². The van der Waals surface area contributed by atoms with Crippen molar-refractivity contribution >= 4 is 17.4 Å². The molecule has 1 nitrogen and oxygen atoms in total. The summed E-state index contributed by atoms with van der Waals surface area (Å²) in [6.07, 6.45) is 7.11. The van der Waals surface area contributed by atoms with Crippen molar-refractivity contribution in [2.75, 3.05) is 5.73 Å². The number of nitrogen functional groups attached to an aromatic ring is 1. The molecule has 1 fully saturated rings. The van der Waals surface area contributed by atoms with Crippen molar-refractivity contribution in [2.24, 2.45) is 0 Å². The predicted octanol–water partition coefficient (Wildman–Crippen LogP) is 3.83. The summed E-state index contributed by atoms with van der Waals surface area (Å²) in [5.74, 6) is 1.12. The smallest absolute Gasteiger partial charge is 0.0317 e. The molecule has 0 spiro atoms. The van der Waals surface area contributed by atoms with Crippen LogP contribution < -0.4 is 5.73 Å². The minimum atomic E-state index is 0.886. The van der Waals surface area contributed by atoms with Crippen LogP contribution in [0.2, 0.25) is 0 Å². The molecular formula is C13H19NS. The van der Waals surface area contributed by atoms with Crippen molar-refractivity contribution in [2.45, 2.75) is 43.1 Å². The van der Waals surface area contributed by atoms with E-state index in [0.29, 0.717) is 0 Å². The van der Waals surface area contributed by atoms with E-state index in [1.807, 2.05) is 12.1 Å². The van der Waals surface area contributed by atoms with Crippen LogP contribution in [0.4, 0.5) is 5.69 Å². The zero-order valence-corrected chi connectivity index (χ0v) is 9.93. The van der Waals surface area contributed by atoms with Crippen LogP contribution in [0.5, 0.6) is 0 Å². The van der Waals surface area contributed by atoms with Crippen LogP contribution >= 0.6 is 11.8 Å². The van der Waals surface area contributed by atoms with Crippen LogP contribution in [-0.2, 0) is 5.75 Å². The molecule has 1 aliphatic rings. The maximum absolute atomic E-state index is 5.76. The third kappa shape index (κ3) is 3.45. The molecule has 1 aliphatic carbocycles. The minimum absolute atomic E-state index is 0.886. The van der Waals surface area contributed by atoms with E-state index < -0.39 is 0 Å². The van der Waals surface area contributed by atoms with Gasteiger partial charge in [0.2, 0.25) is 0 Å². The molecule has 0 radical (unpaired) electrons. The molecule has 1 saturated carbocycles. The average molecular weight is 221 g/mol. The molecule has 0 amide bonds. The van der Waals surface area contributed by atoms with E-state index >= 15 is 0 Å². The summed E-state index contributed by atoms with van der Waals surface area (Å²) < 4.78 is 0. The molecule has 2 heteroatoms. The standard InChI is InChI=1S/C13H19NS/c14-12-6-4-5-11(9-12)10-15-13-7-2-1-3-8-13/h4-6,9,13H,1-3,7-8,10,14H2. The average Bonchev–Trinajstić information content (AvgIpc) is 2.28. The maximum Gasteiger partial charge on any atom is 0.0317 e. The fourth-order valence-corrected chi connectivity index (χ4v) is 3.40. The van der Waals surface area contributed by atoms with Crippen molar-refractivity contribution in [1.82, 2.24) is 0 Å². The second-order valence-electron chi connectivity index (χ2n) is 4.32. The summed E-state index contributed by atoms with van der Waals surface area (Å²) in [5, 5.41) is 0.889. The highest BCUT2D eigenvalue weighted by Crippen LogP contribution is 2.30. The fourth-order valence-electron chi connectivity index (χ4n) is 2.13. The zero-order valence-electron chi connectivity index (χ0n) is 9.11. The molecule has 0 heterocycles. The van der Waals surface area contributed by atoms with E-state index in [-0.39, 0.29) is 0 Å². The molecule has 0 unspecified atom stereocenters. The van der Waals surface area contributed by atoms with Crippen LogP contribution in [0.1, 0.15) is 37.7 Å². The van der Waals surface area contributed by atoms with Gasteiger partial charge in [0, 0.05) is 16.7 Å². The van der Waals surface area contributed by atoms with Crippen molar-refractivity contribution in [3.8, 4) is 0 Å². The molecule has 1 aromatic rings. The van der Waals surface area contributed by atoms with Crippen LogP contribution in [0.3, 0.4) is 0 Å². The lowest BCUT2D eigenvalue weighted by atomic mass is 10.0. The molecule has 0 atom stereocenters. The highest BCUT2D eigenvalue weighted by molar-refractivity contribution is 7.99. The van der Waals surface area contributed by atoms with Gasteiger partial charge < -0.3 is 5.73 Å². The highest BCUT2D eigenvalue weighted by atomic mass is 32.2. The summed E-state index contributed by atoms with van der Waals surface area (Å²) in [4.78, 5) is 0. The van der Waals surface area contributed by atoms with Crippen molar-refractivity contribution in [3.05, 3.63) is 29.8 Å². The topological polar surface area (TPSA) is 26.0 Å². The molecule has 0 bridgehead atoms. The molecule has 2 N–H and O–H groups in total. The van der Waals surface area contributed by atoms with Gasteiger partial charge in [-0.25, -0.2) is 0 Å². The lowest BCUT2D eigenvalue weighted by molar-refractivity contribution is 0.516. The minimum Gasteiger partial charge on any atom is -0.399 e. The van der Waals surface area contributed by atoms with Crippen molar-refractivity contribution in [1.29, 1.82) is 0 Å². The molecule has 1 aromatic carbocycles. The first kappa shape index (κ1) is 10.9. The first-order valence-corrected chi connectivity index (χ1v) is 6.85. The molecule has 15 heavy (non-hydrogen) atoms. The summed E-state index contributed by atoms with van der Waals surface area (Å²) >= 11 is 2.10. The molecule has 82 valence electrons. The number of hydrogen-bond donors (Lipinski definition) is 1. The Morgan fingerprint density at radius 3 is 2.73 bits per heavy atom. The Morgan fingerprint density at radius 2 is 2.00 bits per heavy atom. The largest absolute Gasteiger partial charge is 0.399 e. The third-order valence-corrected chi connectivity index (χ3v) is 4.43. The van der Waals surface area contributed by atoms with E-state index in [4.69, 9.17) is 5.73 Å². The number of thioether (sulfide) groups is 1. The van der Waals surface area contributed by atoms with Gasteiger partial charge in [-0.15, -0.1) is 0 Å². The number of nitrogens with two attached hydrogens (primary N) is 1. The van der Waals surface area contributed by atoms with E-state index in [0.717, 1.165) is 16.7 Å². The van der Waals surface area contributed by atoms with Crippen molar-refractivity contribution in [3.63, 3.8) is 0 Å². The number of rotatable bonds is 3. The Balaban J connectivity index is 1.81. The van der Waals surface area contributed by atoms with Gasteiger partial charge in [-0.05, 0) is 30.5 Å². The zero-order chi connectivity index (χ0) is 10.5. The summed E-state index contributed by atoms with van der Waals surface area (Å²) in [6, 6.07) is 8.27. The highest BCUT2D eigenvalue weighted by Gasteiger charge is 2.13. The third-order valence-electron chi connectivity index (χ3n) is 2.99. The van der Waals surface area contributed by atoms with Gasteiger partial charge in [0.05, 0.1) is 0 Å². The van der Waals surface area contributed by atoms with Gasteiger partial charge in [0.25, 0.3) is 0 Å². The molecular weight excluding hydrogens is 202 g/mol. The van der Waals surface area contributed by atoms with Gasteiger partial charge in [-0.2, -0.15) is 11.8 Å². The lowest BCUT2D eigenvalue weighted by Gasteiger charge is -2.20. The van der Waals surface area contributed by atoms with Crippen LogP contribution in [0.25, 0.3) is 0 Å². The first-order valence-electron chi connectivity index (χ1n) is 5.80.